The van der Waals surface area contributed by atoms with E-state index in [0.717, 1.165) is 22.4 Å². The number of imide groups is 1. The van der Waals surface area contributed by atoms with Gasteiger partial charge in [0.15, 0.2) is 6.10 Å². The molecule has 2 amide bonds. The number of anilines is 2. The minimum atomic E-state index is -1.31. The van der Waals surface area contributed by atoms with Crippen molar-refractivity contribution >= 4 is 23.2 Å². The van der Waals surface area contributed by atoms with Gasteiger partial charge in [0.2, 0.25) is 5.91 Å². The van der Waals surface area contributed by atoms with Gasteiger partial charge >= 0.3 is 0 Å². The summed E-state index contributed by atoms with van der Waals surface area (Å²) in [5.74, 6) is 0.0146. The molecule has 0 aromatic heterocycles. The summed E-state index contributed by atoms with van der Waals surface area (Å²) >= 11 is 0. The molecule has 2 fully saturated rings. The summed E-state index contributed by atoms with van der Waals surface area (Å²) in [4.78, 5) is 36.5. The molecule has 0 N–H and O–H groups in total. The lowest BCUT2D eigenvalue weighted by atomic mass is 9.69. The fraction of sp³-hybridized carbons (Fsp3) is 0.161. The fourth-order valence-electron chi connectivity index (χ4n) is 5.51. The van der Waals surface area contributed by atoms with E-state index in [2.05, 4.69) is 0 Å². The molecule has 0 saturated carbocycles. The van der Waals surface area contributed by atoms with Gasteiger partial charge in [0, 0.05) is 0 Å². The molecule has 37 heavy (non-hydrogen) atoms. The number of rotatable bonds is 5. The van der Waals surface area contributed by atoms with Crippen LogP contribution in [-0.2, 0) is 19.8 Å². The summed E-state index contributed by atoms with van der Waals surface area (Å²) in [6.07, 6.45) is -1.05. The van der Waals surface area contributed by atoms with E-state index in [0.29, 0.717) is 11.4 Å². The number of carbonyl (C=O) groups is 2. The topological polar surface area (TPSA) is 59.1 Å². The molecule has 3 atom stereocenters. The molecule has 2 heterocycles. The van der Waals surface area contributed by atoms with Crippen LogP contribution in [0.25, 0.3) is 0 Å². The number of aryl methyl sites for hydroxylation is 1. The van der Waals surface area contributed by atoms with E-state index in [9.17, 15) is 9.59 Å². The van der Waals surface area contributed by atoms with E-state index in [-0.39, 0.29) is 11.8 Å². The normalized spacial score (nSPS) is 22.9. The second-order valence-corrected chi connectivity index (χ2v) is 9.37. The van der Waals surface area contributed by atoms with Crippen LogP contribution in [0.2, 0.25) is 0 Å². The van der Waals surface area contributed by atoms with Gasteiger partial charge in [0.1, 0.15) is 17.2 Å². The number of hydrogen-bond acceptors (Lipinski definition) is 5. The first-order valence-corrected chi connectivity index (χ1v) is 12.2. The van der Waals surface area contributed by atoms with E-state index in [1.165, 1.54) is 4.90 Å². The Balaban J connectivity index is 1.60. The summed E-state index contributed by atoms with van der Waals surface area (Å²) < 4.78 is 5.39. The van der Waals surface area contributed by atoms with Crippen molar-refractivity contribution in [3.63, 3.8) is 0 Å². The van der Waals surface area contributed by atoms with Crippen molar-refractivity contribution in [3.8, 4) is 5.75 Å². The third-order valence-electron chi connectivity index (χ3n) is 7.29. The number of nitrogens with zero attached hydrogens (tertiary/aromatic N) is 2. The molecule has 2 saturated heterocycles. The van der Waals surface area contributed by atoms with Gasteiger partial charge in [-0.15, -0.1) is 0 Å². The van der Waals surface area contributed by atoms with Crippen LogP contribution >= 0.6 is 0 Å². The second-order valence-electron chi connectivity index (χ2n) is 9.37. The molecule has 2 aliphatic rings. The van der Waals surface area contributed by atoms with Crippen molar-refractivity contribution in [2.75, 3.05) is 17.1 Å². The zero-order valence-electron chi connectivity index (χ0n) is 20.6. The molecular weight excluding hydrogens is 464 g/mol. The number of methoxy groups -OCH3 is 1. The van der Waals surface area contributed by atoms with Gasteiger partial charge in [-0.05, 0) is 54.4 Å². The Hall–Kier alpha value is -4.42. The van der Waals surface area contributed by atoms with Gasteiger partial charge in [-0.25, -0.2) is 9.96 Å². The van der Waals surface area contributed by atoms with Crippen LogP contribution in [0.1, 0.15) is 22.7 Å². The highest BCUT2D eigenvalue weighted by molar-refractivity contribution is 6.28. The first-order chi connectivity index (χ1) is 18.1. The van der Waals surface area contributed by atoms with E-state index < -0.39 is 17.6 Å². The Labute approximate surface area is 215 Å². The van der Waals surface area contributed by atoms with Crippen molar-refractivity contribution in [1.82, 2.24) is 0 Å². The first-order valence-electron chi connectivity index (χ1n) is 12.2. The van der Waals surface area contributed by atoms with Gasteiger partial charge in [0.05, 0.1) is 18.5 Å². The smallest absolute Gasteiger partial charge is 0.267 e. The first kappa shape index (κ1) is 23.0. The Morgan fingerprint density at radius 1 is 0.757 bits per heavy atom. The minimum absolute atomic E-state index is 0.309. The number of hydroxylamine groups is 1. The Kier molecular flexibility index (Phi) is 5.54. The number of fused-ring (bicyclic) bond motifs is 1. The van der Waals surface area contributed by atoms with Crippen molar-refractivity contribution < 1.29 is 19.2 Å². The quantitative estimate of drug-likeness (QED) is 0.352. The predicted molar refractivity (Wildman–Crippen MR) is 141 cm³/mol. The molecule has 0 spiro atoms. The molecule has 0 aliphatic carbocycles. The van der Waals surface area contributed by atoms with Crippen molar-refractivity contribution in [2.24, 2.45) is 0 Å². The van der Waals surface area contributed by atoms with Gasteiger partial charge in [-0.2, -0.15) is 0 Å². The Bertz CT molecular complexity index is 1440. The molecule has 0 bridgehead atoms. The highest BCUT2D eigenvalue weighted by Gasteiger charge is 2.72. The molecule has 6 rings (SSSR count). The predicted octanol–water partition coefficient (Wildman–Crippen LogP) is 5.38. The van der Waals surface area contributed by atoms with Crippen LogP contribution in [0.3, 0.4) is 0 Å². The largest absolute Gasteiger partial charge is 0.497 e. The molecule has 6 heteroatoms. The van der Waals surface area contributed by atoms with Crippen LogP contribution in [0.15, 0.2) is 109 Å². The van der Waals surface area contributed by atoms with E-state index in [1.54, 1.807) is 12.2 Å². The highest BCUT2D eigenvalue weighted by atomic mass is 16.7. The zero-order chi connectivity index (χ0) is 25.6. The van der Waals surface area contributed by atoms with E-state index in [4.69, 9.17) is 9.57 Å². The van der Waals surface area contributed by atoms with Crippen LogP contribution < -0.4 is 14.7 Å². The number of ether oxygens (including phenoxy) is 1. The molecular formula is C31H26N2O4. The maximum Gasteiger partial charge on any atom is 0.267 e. The SMILES string of the molecule is COc1ccc([C@@H]2N(c3ccccc3)O[C@@H]3C(=O)N(c4ccc(C)cc4)C(=O)[C@]32c2ccccc2)cc1. The van der Waals surface area contributed by atoms with E-state index >= 15 is 0 Å². The van der Waals surface area contributed by atoms with Crippen molar-refractivity contribution in [2.45, 2.75) is 24.5 Å². The lowest BCUT2D eigenvalue weighted by Gasteiger charge is -2.35. The number of amides is 2. The van der Waals surface area contributed by atoms with Crippen LogP contribution in [0.5, 0.6) is 5.75 Å². The second kappa shape index (κ2) is 8.91. The third-order valence-corrected chi connectivity index (χ3v) is 7.29. The third kappa shape index (κ3) is 3.44. The van der Waals surface area contributed by atoms with Gasteiger partial charge in [-0.3, -0.25) is 14.4 Å². The number of benzene rings is 4. The van der Waals surface area contributed by atoms with Gasteiger partial charge < -0.3 is 4.74 Å². The molecule has 4 aromatic rings. The molecule has 0 unspecified atom stereocenters. The van der Waals surface area contributed by atoms with Crippen LogP contribution in [-0.4, -0.2) is 25.0 Å². The lowest BCUT2D eigenvalue weighted by molar-refractivity contribution is -0.126. The summed E-state index contributed by atoms with van der Waals surface area (Å²) in [6.45, 7) is 1.97. The number of para-hydroxylation sites is 1. The summed E-state index contributed by atoms with van der Waals surface area (Å²) in [5.41, 5.74) is 2.59. The standard InChI is InChI=1S/C31H26N2O4/c1-21-13-17-24(18-14-21)32-29(34)28-31(30(32)35,23-9-5-3-6-10-23)27(22-15-19-26(36-2)20-16-22)33(37-28)25-11-7-4-8-12-25/h3-20,27-28H,1-2H3/t27-,28+,31-/m0/s1. The van der Waals surface area contributed by atoms with Crippen molar-refractivity contribution in [3.05, 3.63) is 126 Å². The Morgan fingerprint density at radius 2 is 1.38 bits per heavy atom. The molecule has 184 valence electrons. The summed E-state index contributed by atoms with van der Waals surface area (Å²) in [6, 6.07) is 33.5. The van der Waals surface area contributed by atoms with Crippen LogP contribution in [0, 0.1) is 6.92 Å². The molecule has 2 aliphatic heterocycles. The zero-order valence-corrected chi connectivity index (χ0v) is 20.6. The highest BCUT2D eigenvalue weighted by Crippen LogP contribution is 2.57. The maximum atomic E-state index is 14.7. The number of carbonyl (C=O) groups excluding carboxylic acids is 2. The molecule has 0 radical (unpaired) electrons. The number of hydrogen-bond donors (Lipinski definition) is 0. The summed E-state index contributed by atoms with van der Waals surface area (Å²) in [5, 5.41) is 1.72. The van der Waals surface area contributed by atoms with Gasteiger partial charge in [0.25, 0.3) is 5.91 Å². The van der Waals surface area contributed by atoms with E-state index in [1.807, 2.05) is 116 Å². The van der Waals surface area contributed by atoms with Crippen molar-refractivity contribution in [1.29, 1.82) is 0 Å². The Morgan fingerprint density at radius 3 is 2.00 bits per heavy atom. The summed E-state index contributed by atoms with van der Waals surface area (Å²) in [7, 11) is 1.62. The average molecular weight is 491 g/mol. The molecule has 4 aromatic carbocycles. The maximum absolute atomic E-state index is 14.7. The lowest BCUT2D eigenvalue weighted by Crippen LogP contribution is -2.46. The van der Waals surface area contributed by atoms with Crippen LogP contribution in [0.4, 0.5) is 11.4 Å². The average Bonchev–Trinajstić information content (AvgIpc) is 3.41. The van der Waals surface area contributed by atoms with Gasteiger partial charge in [-0.1, -0.05) is 78.4 Å². The monoisotopic (exact) mass is 490 g/mol. The fourth-order valence-corrected chi connectivity index (χ4v) is 5.51. The minimum Gasteiger partial charge on any atom is -0.497 e. The molecule has 6 nitrogen and oxygen atoms in total.